The Morgan fingerprint density at radius 1 is 0.738 bits per heavy atom. The number of carbonyl (C=O) groups is 5. The molecule has 0 bridgehead atoms. The molecule has 1 unspecified atom stereocenters. The van der Waals surface area contributed by atoms with Crippen molar-refractivity contribution in [2.75, 3.05) is 36.8 Å². The third kappa shape index (κ3) is 12.9. The van der Waals surface area contributed by atoms with Crippen LogP contribution in [0.3, 0.4) is 0 Å². The summed E-state index contributed by atoms with van der Waals surface area (Å²) in [5.74, 6) is -2.29. The van der Waals surface area contributed by atoms with Gasteiger partial charge in [-0.15, -0.1) is 0 Å². The van der Waals surface area contributed by atoms with Crippen LogP contribution in [0.2, 0.25) is 0 Å². The van der Waals surface area contributed by atoms with Crippen molar-refractivity contribution in [3.05, 3.63) is 101 Å². The fraction of sp³-hybridized carbons (Fsp3) is 0.237. The van der Waals surface area contributed by atoms with Crippen molar-refractivity contribution in [1.29, 1.82) is 0 Å². The second-order valence-corrected chi connectivity index (χ2v) is 13.1. The molecule has 0 saturated carbocycles. The summed E-state index contributed by atoms with van der Waals surface area (Å²) in [6.45, 7) is -0.215. The number of esters is 2. The number of nitrogens with one attached hydrogen (secondary N) is 3. The van der Waals surface area contributed by atoms with Gasteiger partial charge in [0, 0.05) is 24.7 Å². The maximum Gasteiger partial charge on any atom is 0.488 e. The fourth-order valence-corrected chi connectivity index (χ4v) is 5.49. The van der Waals surface area contributed by atoms with E-state index in [1.54, 1.807) is 60.5 Å². The second-order valence-electron chi connectivity index (χ2n) is 13.1. The molecule has 21 nitrogen and oxygen atoms in total. The lowest BCUT2D eigenvalue weighted by molar-refractivity contribution is -0.144. The number of anilines is 3. The second kappa shape index (κ2) is 21.2. The van der Waals surface area contributed by atoms with E-state index < -0.39 is 50.3 Å². The van der Waals surface area contributed by atoms with Crippen LogP contribution in [-0.4, -0.2) is 112 Å². The van der Waals surface area contributed by atoms with Gasteiger partial charge in [-0.1, -0.05) is 48.5 Å². The number of hydrogen-bond acceptors (Lipinski definition) is 18. The Morgan fingerprint density at radius 3 is 1.85 bits per heavy atom. The molecule has 7 N–H and O–H groups in total. The topological polar surface area (TPSA) is 294 Å². The highest BCUT2D eigenvalue weighted by Gasteiger charge is 2.24. The molecule has 2 heterocycles. The number of hydrogen-bond donors (Lipinski definition) is 7. The van der Waals surface area contributed by atoms with Gasteiger partial charge >= 0.3 is 38.4 Å². The number of rotatable bonds is 17. The van der Waals surface area contributed by atoms with Gasteiger partial charge in [0.05, 0.1) is 32.7 Å². The maximum atomic E-state index is 13.0. The predicted molar refractivity (Wildman–Crippen MR) is 218 cm³/mol. The minimum Gasteiger partial charge on any atom is -0.469 e. The molecule has 3 aromatic carbocycles. The standard InChI is InChI=1S/C38H40B2N8O13/c1-48(28-14-8-24(9-15-28)34(50)43-29(35(51)59-3)16-17-30(49)58-2)19-27-18-41-32-31(42-27)33(46-37(52)60-20-22-4-10-25(11-5-22)39(54)55)45-36(44-32)47-38(53)61-21-23-6-12-26(13-7-23)40(56)57/h4-15,18,29,54-57H,16-17,19-21H2,1-3H3,(H,43,50)(H2,41,44,45,46,47,52,53). The smallest absolute Gasteiger partial charge is 0.469 e. The van der Waals surface area contributed by atoms with Gasteiger partial charge in [0.1, 0.15) is 19.3 Å². The van der Waals surface area contributed by atoms with Gasteiger partial charge in [-0.2, -0.15) is 9.97 Å². The number of benzene rings is 3. The molecule has 0 saturated heterocycles. The van der Waals surface area contributed by atoms with E-state index in [1.807, 2.05) is 0 Å². The summed E-state index contributed by atoms with van der Waals surface area (Å²) in [6, 6.07) is 17.4. The first-order valence-corrected chi connectivity index (χ1v) is 18.3. The van der Waals surface area contributed by atoms with Crippen molar-refractivity contribution in [1.82, 2.24) is 25.3 Å². The number of fused-ring (bicyclic) bond motifs is 1. The molecular weight excluding hydrogens is 798 g/mol. The number of methoxy groups -OCH3 is 2. The lowest BCUT2D eigenvalue weighted by Gasteiger charge is -2.20. The highest BCUT2D eigenvalue weighted by Crippen LogP contribution is 2.22. The molecule has 61 heavy (non-hydrogen) atoms. The van der Waals surface area contributed by atoms with Crippen LogP contribution < -0.4 is 31.8 Å². The molecule has 0 spiro atoms. The lowest BCUT2D eigenvalue weighted by atomic mass is 9.80. The summed E-state index contributed by atoms with van der Waals surface area (Å²) in [5.41, 5.74) is 2.91. The molecule has 0 radical (unpaired) electrons. The first-order chi connectivity index (χ1) is 29.2. The predicted octanol–water partition coefficient (Wildman–Crippen LogP) is 0.138. The zero-order valence-electron chi connectivity index (χ0n) is 33.0. The zero-order valence-corrected chi connectivity index (χ0v) is 33.0. The summed E-state index contributed by atoms with van der Waals surface area (Å²) in [7, 11) is 0.829. The monoisotopic (exact) mass is 838 g/mol. The maximum absolute atomic E-state index is 13.0. The van der Waals surface area contributed by atoms with Gasteiger partial charge in [0.25, 0.3) is 5.91 Å². The number of amides is 3. The quantitative estimate of drug-likeness (QED) is 0.0372. The number of ether oxygens (including phenoxy) is 4. The van der Waals surface area contributed by atoms with E-state index in [9.17, 15) is 44.1 Å². The van der Waals surface area contributed by atoms with E-state index in [4.69, 9.17) is 14.2 Å². The van der Waals surface area contributed by atoms with Gasteiger partial charge in [-0.3, -0.25) is 20.2 Å². The van der Waals surface area contributed by atoms with E-state index in [2.05, 4.69) is 40.6 Å². The van der Waals surface area contributed by atoms with Crippen molar-refractivity contribution in [3.63, 3.8) is 0 Å². The molecule has 316 valence electrons. The third-order valence-electron chi connectivity index (χ3n) is 8.81. The molecule has 2 aromatic heterocycles. The molecule has 5 aromatic rings. The van der Waals surface area contributed by atoms with Crippen LogP contribution in [0.4, 0.5) is 27.0 Å². The van der Waals surface area contributed by atoms with E-state index in [0.29, 0.717) is 22.5 Å². The third-order valence-corrected chi connectivity index (χ3v) is 8.81. The highest BCUT2D eigenvalue weighted by molar-refractivity contribution is 6.58. The van der Waals surface area contributed by atoms with Crippen LogP contribution in [0, 0.1) is 0 Å². The minimum absolute atomic E-state index is 0.0180. The summed E-state index contributed by atoms with van der Waals surface area (Å²) in [4.78, 5) is 81.9. The normalized spacial score (nSPS) is 11.1. The summed E-state index contributed by atoms with van der Waals surface area (Å²) < 4.78 is 20.0. The van der Waals surface area contributed by atoms with Crippen molar-refractivity contribution < 1.29 is 63.0 Å². The molecule has 0 fully saturated rings. The van der Waals surface area contributed by atoms with Gasteiger partial charge in [0.2, 0.25) is 5.95 Å². The van der Waals surface area contributed by atoms with E-state index in [-0.39, 0.29) is 72.0 Å². The molecule has 0 aliphatic rings. The Labute approximate surface area is 348 Å². The lowest BCUT2D eigenvalue weighted by Crippen LogP contribution is -2.41. The van der Waals surface area contributed by atoms with Gasteiger partial charge in [0.15, 0.2) is 17.0 Å². The summed E-state index contributed by atoms with van der Waals surface area (Å²) >= 11 is 0. The van der Waals surface area contributed by atoms with Crippen LogP contribution in [0.25, 0.3) is 11.2 Å². The van der Waals surface area contributed by atoms with Crippen LogP contribution >= 0.6 is 0 Å². The highest BCUT2D eigenvalue weighted by atomic mass is 16.6. The van der Waals surface area contributed by atoms with Crippen molar-refractivity contribution in [2.24, 2.45) is 0 Å². The van der Waals surface area contributed by atoms with Crippen LogP contribution in [-0.2, 0) is 48.3 Å². The molecule has 1 atom stereocenters. The molecule has 3 amide bonds. The van der Waals surface area contributed by atoms with Crippen molar-refractivity contribution in [3.8, 4) is 0 Å². The average molecular weight is 838 g/mol. The van der Waals surface area contributed by atoms with E-state index in [0.717, 1.165) is 0 Å². The van der Waals surface area contributed by atoms with Crippen molar-refractivity contribution in [2.45, 2.75) is 38.6 Å². The SMILES string of the molecule is COC(=O)CCC(NC(=O)c1ccc(N(C)Cc2cnc3nc(NC(=O)OCc4ccc(B(O)O)cc4)nc(NC(=O)OCc4ccc(B(O)O)cc4)c3n2)cc1)C(=O)OC. The average Bonchev–Trinajstić information content (AvgIpc) is 3.26. The number of nitrogens with zero attached hydrogens (tertiary/aromatic N) is 5. The van der Waals surface area contributed by atoms with Gasteiger partial charge < -0.3 is 49.3 Å². The molecule has 0 aliphatic carbocycles. The molecular formula is C38H40B2N8O13. The Kier molecular flexibility index (Phi) is 15.6. The summed E-state index contributed by atoms with van der Waals surface area (Å²) in [6.07, 6.45) is -0.600. The molecule has 5 rings (SSSR count). The van der Waals surface area contributed by atoms with Gasteiger partial charge in [-0.25, -0.2) is 24.4 Å². The Morgan fingerprint density at radius 2 is 1.31 bits per heavy atom. The van der Waals surface area contributed by atoms with Crippen LogP contribution in [0.1, 0.15) is 40.0 Å². The minimum atomic E-state index is -1.66. The first-order valence-electron chi connectivity index (χ1n) is 18.3. The summed E-state index contributed by atoms with van der Waals surface area (Å²) in [5, 5.41) is 44.8. The Balaban J connectivity index is 1.30. The van der Waals surface area contributed by atoms with Gasteiger partial charge in [-0.05, 0) is 52.7 Å². The van der Waals surface area contributed by atoms with E-state index in [1.165, 1.54) is 44.7 Å². The van der Waals surface area contributed by atoms with E-state index >= 15 is 0 Å². The number of carbonyl (C=O) groups excluding carboxylic acids is 5. The zero-order chi connectivity index (χ0) is 44.1. The van der Waals surface area contributed by atoms with Crippen LogP contribution in [0.15, 0.2) is 79.0 Å². The largest absolute Gasteiger partial charge is 0.488 e. The van der Waals surface area contributed by atoms with Crippen LogP contribution in [0.5, 0.6) is 0 Å². The Bertz CT molecular complexity index is 2340. The molecule has 0 aliphatic heterocycles. The molecule has 23 heteroatoms. The number of aromatic nitrogens is 4. The first kappa shape index (κ1) is 44.9. The Hall–Kier alpha value is -7.20. The van der Waals surface area contributed by atoms with Crippen molar-refractivity contribution >= 4 is 83.8 Å². The fourth-order valence-electron chi connectivity index (χ4n) is 5.49.